The number of nitrogens with zero attached hydrogens (tertiary/aromatic N) is 3. The molecule has 0 spiro atoms. The molecule has 124 valence electrons. The van der Waals surface area contributed by atoms with Crippen LogP contribution in [0.3, 0.4) is 0 Å². The zero-order valence-corrected chi connectivity index (χ0v) is 14.2. The Bertz CT molecular complexity index is 694. The van der Waals surface area contributed by atoms with Crippen LogP contribution in [-0.4, -0.2) is 43.7 Å². The van der Waals surface area contributed by atoms with Crippen molar-refractivity contribution in [3.05, 3.63) is 29.0 Å². The normalized spacial score (nSPS) is 21.5. The first-order chi connectivity index (χ1) is 10.8. The number of H-pyrrole nitrogens is 1. The number of amides is 1. The Morgan fingerprint density at radius 1 is 1.52 bits per heavy atom. The summed E-state index contributed by atoms with van der Waals surface area (Å²) in [6, 6.07) is 0. The zero-order chi connectivity index (χ0) is 16.8. The molecule has 6 heteroatoms. The summed E-state index contributed by atoms with van der Waals surface area (Å²) in [5.41, 5.74) is 3.20. The molecule has 0 saturated heterocycles. The number of hydrogen-bond donors (Lipinski definition) is 2. The maximum atomic E-state index is 13.1. The second-order valence-electron chi connectivity index (χ2n) is 6.82. The number of rotatable bonds is 3. The van der Waals surface area contributed by atoms with Gasteiger partial charge >= 0.3 is 0 Å². The lowest BCUT2D eigenvalue weighted by molar-refractivity contribution is -0.128. The molecule has 1 aromatic rings. The third-order valence-corrected chi connectivity index (χ3v) is 4.68. The highest BCUT2D eigenvalue weighted by atomic mass is 16.3. The van der Waals surface area contributed by atoms with E-state index < -0.39 is 5.60 Å². The maximum Gasteiger partial charge on any atom is 0.252 e. The topological polar surface area (TPSA) is 81.6 Å². The summed E-state index contributed by atoms with van der Waals surface area (Å²) in [6.07, 6.45) is 3.21. The van der Waals surface area contributed by atoms with Gasteiger partial charge in [-0.05, 0) is 27.2 Å². The van der Waals surface area contributed by atoms with Crippen molar-refractivity contribution < 1.29 is 9.90 Å². The van der Waals surface area contributed by atoms with Crippen LogP contribution in [-0.2, 0) is 17.8 Å². The first-order valence-corrected chi connectivity index (χ1v) is 8.15. The van der Waals surface area contributed by atoms with E-state index in [0.29, 0.717) is 18.8 Å². The third kappa shape index (κ3) is 2.72. The van der Waals surface area contributed by atoms with Crippen molar-refractivity contribution in [2.75, 3.05) is 6.54 Å². The summed E-state index contributed by atoms with van der Waals surface area (Å²) < 4.78 is 0. The van der Waals surface area contributed by atoms with Crippen molar-refractivity contribution in [3.8, 4) is 0 Å². The molecule has 0 radical (unpaired) electrons. The predicted molar refractivity (Wildman–Crippen MR) is 87.9 cm³/mol. The van der Waals surface area contributed by atoms with Crippen LogP contribution in [0.4, 0.5) is 0 Å². The van der Waals surface area contributed by atoms with Gasteiger partial charge in [-0.1, -0.05) is 6.92 Å². The summed E-state index contributed by atoms with van der Waals surface area (Å²) >= 11 is 0. The zero-order valence-electron chi connectivity index (χ0n) is 14.2. The van der Waals surface area contributed by atoms with Crippen molar-refractivity contribution in [1.29, 1.82) is 0 Å². The largest absolute Gasteiger partial charge is 0.384 e. The molecular weight excluding hydrogens is 292 g/mol. The number of hydrogen-bond acceptors (Lipinski definition) is 4. The maximum absolute atomic E-state index is 13.1. The summed E-state index contributed by atoms with van der Waals surface area (Å²) in [6.45, 7) is 8.57. The summed E-state index contributed by atoms with van der Waals surface area (Å²) in [7, 11) is 0. The Morgan fingerprint density at radius 3 is 2.91 bits per heavy atom. The second kappa shape index (κ2) is 5.60. The highest BCUT2D eigenvalue weighted by molar-refractivity contribution is 6.08. The standard InChI is InChI=1S/C17H24N4O2/c1-5-11-14(10(2)20-15(11)17(3,4)23)16(22)21-7-6-12-13(8-21)19-9-18-12/h9,11,23H,5-8H2,1-4H3,(H,18,19). The Hall–Kier alpha value is -1.95. The van der Waals surface area contributed by atoms with Crippen LogP contribution in [0.5, 0.6) is 0 Å². The summed E-state index contributed by atoms with van der Waals surface area (Å²) in [5, 5.41) is 10.4. The van der Waals surface area contributed by atoms with Gasteiger partial charge in [-0.3, -0.25) is 9.79 Å². The monoisotopic (exact) mass is 316 g/mol. The van der Waals surface area contributed by atoms with Crippen LogP contribution >= 0.6 is 0 Å². The molecule has 0 aliphatic carbocycles. The second-order valence-corrected chi connectivity index (χ2v) is 6.82. The van der Waals surface area contributed by atoms with Crippen LogP contribution < -0.4 is 0 Å². The SMILES string of the molecule is CCC1C(C(C)(C)O)=NC(C)=C1C(=O)N1CCc2nc[nH]c2C1. The molecule has 1 atom stereocenters. The highest BCUT2D eigenvalue weighted by Crippen LogP contribution is 2.34. The lowest BCUT2D eigenvalue weighted by Crippen LogP contribution is -2.41. The van der Waals surface area contributed by atoms with Gasteiger partial charge in [0.15, 0.2) is 0 Å². The average Bonchev–Trinajstić information content (AvgIpc) is 3.08. The number of aliphatic hydroxyl groups is 1. The quantitative estimate of drug-likeness (QED) is 0.892. The average molecular weight is 316 g/mol. The smallest absolute Gasteiger partial charge is 0.252 e. The van der Waals surface area contributed by atoms with Gasteiger partial charge in [-0.15, -0.1) is 0 Å². The molecule has 2 N–H and O–H groups in total. The van der Waals surface area contributed by atoms with E-state index in [4.69, 9.17) is 0 Å². The molecule has 0 saturated carbocycles. The molecule has 3 rings (SSSR count). The Labute approximate surface area is 136 Å². The number of carbonyl (C=O) groups excluding carboxylic acids is 1. The van der Waals surface area contributed by atoms with Crippen LogP contribution in [0.25, 0.3) is 0 Å². The van der Waals surface area contributed by atoms with Crippen molar-refractivity contribution >= 4 is 11.6 Å². The number of aliphatic imine (C=N–C) groups is 1. The van der Waals surface area contributed by atoms with Gasteiger partial charge in [-0.25, -0.2) is 4.98 Å². The third-order valence-electron chi connectivity index (χ3n) is 4.68. The van der Waals surface area contributed by atoms with Crippen molar-refractivity contribution in [3.63, 3.8) is 0 Å². The minimum atomic E-state index is -1.01. The summed E-state index contributed by atoms with van der Waals surface area (Å²) in [5.74, 6) is -0.0803. The van der Waals surface area contributed by atoms with Gasteiger partial charge in [0.05, 0.1) is 35.6 Å². The van der Waals surface area contributed by atoms with Crippen molar-refractivity contribution in [2.24, 2.45) is 10.9 Å². The fourth-order valence-electron chi connectivity index (χ4n) is 3.53. The van der Waals surface area contributed by atoms with E-state index in [-0.39, 0.29) is 11.8 Å². The van der Waals surface area contributed by atoms with E-state index in [2.05, 4.69) is 15.0 Å². The Balaban J connectivity index is 1.85. The first-order valence-electron chi connectivity index (χ1n) is 8.15. The van der Waals surface area contributed by atoms with Gasteiger partial charge in [0, 0.05) is 30.2 Å². The fourth-order valence-corrected chi connectivity index (χ4v) is 3.53. The molecule has 2 aliphatic heterocycles. The molecule has 1 unspecified atom stereocenters. The van der Waals surface area contributed by atoms with Crippen LogP contribution in [0.2, 0.25) is 0 Å². The minimum absolute atomic E-state index is 0.0256. The molecule has 1 amide bonds. The molecule has 0 aromatic carbocycles. The highest BCUT2D eigenvalue weighted by Gasteiger charge is 2.40. The van der Waals surface area contributed by atoms with E-state index in [0.717, 1.165) is 35.5 Å². The van der Waals surface area contributed by atoms with E-state index in [1.165, 1.54) is 0 Å². The van der Waals surface area contributed by atoms with Gasteiger partial charge in [0.2, 0.25) is 0 Å². The lowest BCUT2D eigenvalue weighted by atomic mass is 9.84. The van der Waals surface area contributed by atoms with Crippen molar-refractivity contribution in [1.82, 2.24) is 14.9 Å². The van der Waals surface area contributed by atoms with E-state index >= 15 is 0 Å². The number of aromatic nitrogens is 2. The Morgan fingerprint density at radius 2 is 2.26 bits per heavy atom. The van der Waals surface area contributed by atoms with Crippen LogP contribution in [0, 0.1) is 5.92 Å². The molecular formula is C17H24N4O2. The number of allylic oxidation sites excluding steroid dienone is 1. The van der Waals surface area contributed by atoms with Gasteiger partial charge in [0.25, 0.3) is 5.91 Å². The molecule has 2 aliphatic rings. The molecule has 3 heterocycles. The first kappa shape index (κ1) is 15.9. The van der Waals surface area contributed by atoms with Crippen LogP contribution in [0.15, 0.2) is 22.6 Å². The number of fused-ring (bicyclic) bond motifs is 1. The molecule has 0 bridgehead atoms. The van der Waals surface area contributed by atoms with Gasteiger partial charge < -0.3 is 15.0 Å². The number of aromatic amines is 1. The predicted octanol–water partition coefficient (Wildman–Crippen LogP) is 1.82. The number of nitrogens with one attached hydrogen (secondary N) is 1. The Kier molecular flexibility index (Phi) is 3.88. The van der Waals surface area contributed by atoms with Gasteiger partial charge in [-0.2, -0.15) is 0 Å². The molecule has 6 nitrogen and oxygen atoms in total. The van der Waals surface area contributed by atoms with E-state index in [1.807, 2.05) is 18.7 Å². The summed E-state index contributed by atoms with van der Waals surface area (Å²) in [4.78, 5) is 26.8. The molecule has 1 aromatic heterocycles. The minimum Gasteiger partial charge on any atom is -0.384 e. The fraction of sp³-hybridized carbons (Fsp3) is 0.588. The lowest BCUT2D eigenvalue weighted by Gasteiger charge is -2.30. The molecule has 23 heavy (non-hydrogen) atoms. The van der Waals surface area contributed by atoms with E-state index in [1.54, 1.807) is 20.2 Å². The van der Waals surface area contributed by atoms with Crippen LogP contribution in [0.1, 0.15) is 45.5 Å². The molecule has 0 fully saturated rings. The van der Waals surface area contributed by atoms with E-state index in [9.17, 15) is 9.90 Å². The van der Waals surface area contributed by atoms with Gasteiger partial charge in [0.1, 0.15) is 0 Å². The van der Waals surface area contributed by atoms with Crippen molar-refractivity contribution in [2.45, 2.75) is 52.7 Å². The number of carbonyl (C=O) groups is 1. The number of imidazole rings is 1.